The normalized spacial score (nSPS) is 13.6. The van der Waals surface area contributed by atoms with Crippen LogP contribution < -0.4 is 4.90 Å². The number of aromatic nitrogens is 4. The minimum atomic E-state index is -0.412. The number of amides is 1. The Morgan fingerprint density at radius 2 is 1.76 bits per heavy atom. The average molecular weight is 488 g/mol. The molecular formula is C25H18FN5OS2. The Bertz CT molecular complexity index is 1520. The van der Waals surface area contributed by atoms with Crippen LogP contribution in [0.4, 0.5) is 15.8 Å². The maximum absolute atomic E-state index is 13.9. The molecule has 0 spiro atoms. The number of anilines is 2. The van der Waals surface area contributed by atoms with Crippen molar-refractivity contribution in [2.24, 2.45) is 0 Å². The number of aromatic amines is 1. The molecule has 1 unspecified atom stereocenters. The molecule has 1 N–H and O–H groups in total. The fraction of sp³-hybridized carbons (Fsp3) is 0.120. The second kappa shape index (κ2) is 8.41. The van der Waals surface area contributed by atoms with E-state index in [0.717, 1.165) is 26.6 Å². The molecule has 34 heavy (non-hydrogen) atoms. The molecule has 1 atom stereocenters. The predicted octanol–water partition coefficient (Wildman–Crippen LogP) is 6.35. The van der Waals surface area contributed by atoms with Crippen molar-refractivity contribution in [2.75, 3.05) is 4.90 Å². The Balaban J connectivity index is 1.35. The Morgan fingerprint density at radius 3 is 2.47 bits per heavy atom. The number of nitrogens with zero attached hydrogens (tertiary/aromatic N) is 4. The molecule has 1 aliphatic heterocycles. The van der Waals surface area contributed by atoms with E-state index in [4.69, 9.17) is 0 Å². The van der Waals surface area contributed by atoms with Gasteiger partial charge in [0, 0.05) is 15.2 Å². The molecular weight excluding hydrogens is 469 g/mol. The van der Waals surface area contributed by atoms with E-state index in [1.165, 1.54) is 23.9 Å². The van der Waals surface area contributed by atoms with Gasteiger partial charge in [0.25, 0.3) is 0 Å². The summed E-state index contributed by atoms with van der Waals surface area (Å²) in [7, 11) is 0. The van der Waals surface area contributed by atoms with Gasteiger partial charge < -0.3 is 4.98 Å². The lowest BCUT2D eigenvalue weighted by molar-refractivity contribution is -0.117. The minimum absolute atomic E-state index is 0.0323. The van der Waals surface area contributed by atoms with Crippen LogP contribution in [0.25, 0.3) is 22.1 Å². The van der Waals surface area contributed by atoms with Crippen LogP contribution in [0.5, 0.6) is 0 Å². The quantitative estimate of drug-likeness (QED) is 0.298. The third-order valence-electron chi connectivity index (χ3n) is 5.70. The zero-order valence-corrected chi connectivity index (χ0v) is 19.7. The predicted molar refractivity (Wildman–Crippen MR) is 133 cm³/mol. The monoisotopic (exact) mass is 487 g/mol. The summed E-state index contributed by atoms with van der Waals surface area (Å²) in [6, 6.07) is 20.3. The summed E-state index contributed by atoms with van der Waals surface area (Å²) < 4.78 is 13.6. The van der Waals surface area contributed by atoms with Crippen molar-refractivity contribution in [3.8, 4) is 0 Å². The van der Waals surface area contributed by atoms with Crippen molar-refractivity contribution in [3.05, 3.63) is 72.5 Å². The number of H-pyrrole nitrogens is 1. The first kappa shape index (κ1) is 21.1. The molecule has 6 rings (SSSR count). The van der Waals surface area contributed by atoms with Crippen molar-refractivity contribution < 1.29 is 9.18 Å². The van der Waals surface area contributed by atoms with E-state index in [9.17, 15) is 9.18 Å². The van der Waals surface area contributed by atoms with E-state index in [2.05, 4.69) is 20.2 Å². The van der Waals surface area contributed by atoms with Crippen LogP contribution in [-0.4, -0.2) is 31.3 Å². The summed E-state index contributed by atoms with van der Waals surface area (Å²) in [4.78, 5) is 25.4. The largest absolute Gasteiger partial charge is 0.338 e. The fourth-order valence-corrected chi connectivity index (χ4v) is 6.02. The van der Waals surface area contributed by atoms with Gasteiger partial charge in [0.1, 0.15) is 11.3 Å². The van der Waals surface area contributed by atoms with E-state index < -0.39 is 5.25 Å². The lowest BCUT2D eigenvalue weighted by Crippen LogP contribution is -2.35. The number of fused-ring (bicyclic) bond motifs is 5. The molecule has 0 bridgehead atoms. The third-order valence-corrected chi connectivity index (χ3v) is 8.04. The number of carbonyl (C=O) groups excluding carboxylic acids is 1. The molecule has 6 nitrogen and oxygen atoms in total. The number of halogens is 1. The number of para-hydroxylation sites is 2. The summed E-state index contributed by atoms with van der Waals surface area (Å²) in [6.07, 6.45) is 0.594. The van der Waals surface area contributed by atoms with Crippen molar-refractivity contribution in [1.29, 1.82) is 0 Å². The lowest BCUT2D eigenvalue weighted by atomic mass is 10.2. The highest BCUT2D eigenvalue weighted by atomic mass is 32.2. The summed E-state index contributed by atoms with van der Waals surface area (Å²) in [5.41, 5.74) is 3.46. The van der Waals surface area contributed by atoms with E-state index in [0.29, 0.717) is 28.3 Å². The molecule has 0 saturated carbocycles. The Morgan fingerprint density at radius 1 is 1.06 bits per heavy atom. The number of benzene rings is 3. The van der Waals surface area contributed by atoms with Crippen LogP contribution in [-0.2, 0) is 4.79 Å². The highest BCUT2D eigenvalue weighted by Crippen LogP contribution is 2.48. The van der Waals surface area contributed by atoms with Crippen molar-refractivity contribution in [3.63, 3.8) is 0 Å². The lowest BCUT2D eigenvalue weighted by Gasteiger charge is -2.33. The molecule has 0 fully saturated rings. The van der Waals surface area contributed by atoms with Crippen LogP contribution in [0, 0.1) is 5.82 Å². The number of rotatable bonds is 4. The van der Waals surface area contributed by atoms with Crippen LogP contribution in [0.2, 0.25) is 0 Å². The molecule has 3 aromatic carbocycles. The zero-order valence-electron chi connectivity index (χ0n) is 18.0. The van der Waals surface area contributed by atoms with Crippen LogP contribution in [0.1, 0.15) is 13.3 Å². The van der Waals surface area contributed by atoms with Gasteiger partial charge in [0.05, 0.1) is 22.1 Å². The standard InChI is InChI=1S/C25H18FN5OS2/c1-2-19(34-25-28-23-22(29-30-25)15-12-11-14(26)13-16(15)27-23)24(32)31-17-7-3-5-9-20(17)33-21-10-6-4-8-18(21)31/h3-13,19H,2H2,1H3,(H,27,28,30). The van der Waals surface area contributed by atoms with E-state index in [1.54, 1.807) is 22.7 Å². The molecule has 5 aromatic rings. The van der Waals surface area contributed by atoms with Gasteiger partial charge >= 0.3 is 0 Å². The molecule has 168 valence electrons. The molecule has 1 aliphatic rings. The number of hydrogen-bond donors (Lipinski definition) is 1. The number of carbonyl (C=O) groups is 1. The maximum Gasteiger partial charge on any atom is 0.245 e. The first-order chi connectivity index (χ1) is 16.6. The zero-order chi connectivity index (χ0) is 23.2. The number of hydrogen-bond acceptors (Lipinski definition) is 6. The van der Waals surface area contributed by atoms with Gasteiger partial charge in [-0.1, -0.05) is 54.7 Å². The Hall–Kier alpha value is -3.43. The molecule has 0 saturated heterocycles. The number of thioether (sulfide) groups is 1. The maximum atomic E-state index is 13.9. The van der Waals surface area contributed by atoms with Gasteiger partial charge in [-0.05, 0) is 48.9 Å². The average Bonchev–Trinajstić information content (AvgIpc) is 3.22. The van der Waals surface area contributed by atoms with Crippen molar-refractivity contribution >= 4 is 62.9 Å². The van der Waals surface area contributed by atoms with Gasteiger partial charge in [0.2, 0.25) is 11.1 Å². The van der Waals surface area contributed by atoms with Crippen LogP contribution in [0.15, 0.2) is 81.7 Å². The molecule has 1 amide bonds. The van der Waals surface area contributed by atoms with Crippen molar-refractivity contribution in [1.82, 2.24) is 20.2 Å². The smallest absolute Gasteiger partial charge is 0.245 e. The Labute approximate surface area is 203 Å². The van der Waals surface area contributed by atoms with E-state index in [-0.39, 0.29) is 11.7 Å². The second-order valence-corrected chi connectivity index (χ2v) is 10.1. The number of nitrogens with one attached hydrogen (secondary N) is 1. The molecule has 3 heterocycles. The molecule has 2 aromatic heterocycles. The SMILES string of the molecule is CCC(Sc1nnc2c(n1)[nH]c1cc(F)ccc12)C(=O)N1c2ccccc2Sc2ccccc21. The first-order valence-corrected chi connectivity index (χ1v) is 12.5. The minimum Gasteiger partial charge on any atom is -0.338 e. The summed E-state index contributed by atoms with van der Waals surface area (Å²) >= 11 is 2.96. The van der Waals surface area contributed by atoms with Gasteiger partial charge in [-0.2, -0.15) is 0 Å². The first-order valence-electron chi connectivity index (χ1n) is 10.8. The second-order valence-electron chi connectivity index (χ2n) is 7.83. The Kier molecular flexibility index (Phi) is 5.23. The van der Waals surface area contributed by atoms with Gasteiger partial charge in [-0.25, -0.2) is 9.37 Å². The van der Waals surface area contributed by atoms with Crippen molar-refractivity contribution in [2.45, 2.75) is 33.5 Å². The van der Waals surface area contributed by atoms with Gasteiger partial charge in [-0.3, -0.25) is 9.69 Å². The molecule has 0 radical (unpaired) electrons. The molecule has 0 aliphatic carbocycles. The summed E-state index contributed by atoms with van der Waals surface area (Å²) in [6.45, 7) is 1.98. The van der Waals surface area contributed by atoms with E-state index >= 15 is 0 Å². The van der Waals surface area contributed by atoms with Crippen LogP contribution in [0.3, 0.4) is 0 Å². The van der Waals surface area contributed by atoms with Crippen LogP contribution >= 0.6 is 23.5 Å². The van der Waals surface area contributed by atoms with Gasteiger partial charge in [0.15, 0.2) is 5.65 Å². The summed E-state index contributed by atoms with van der Waals surface area (Å²) in [5, 5.41) is 9.33. The van der Waals surface area contributed by atoms with Gasteiger partial charge in [-0.15, -0.1) is 10.2 Å². The highest BCUT2D eigenvalue weighted by Gasteiger charge is 2.33. The molecule has 9 heteroatoms. The highest BCUT2D eigenvalue weighted by molar-refractivity contribution is 8.00. The van der Waals surface area contributed by atoms with E-state index in [1.807, 2.05) is 55.5 Å². The topological polar surface area (TPSA) is 74.8 Å². The summed E-state index contributed by atoms with van der Waals surface area (Å²) in [5.74, 6) is -0.367. The fourth-order valence-electron chi connectivity index (χ4n) is 4.11. The third kappa shape index (κ3) is 3.52.